The maximum Gasteiger partial charge on any atom is 0.287 e. The van der Waals surface area contributed by atoms with Crippen molar-refractivity contribution >= 4 is 41.8 Å². The van der Waals surface area contributed by atoms with Crippen LogP contribution in [0.4, 0.5) is 0 Å². The number of hydrogen-bond acceptors (Lipinski definition) is 4. The summed E-state index contributed by atoms with van der Waals surface area (Å²) in [7, 11) is 1.82. The van der Waals surface area contributed by atoms with E-state index in [0.717, 1.165) is 0 Å². The minimum atomic E-state index is -0.268. The van der Waals surface area contributed by atoms with Crippen molar-refractivity contribution in [1.29, 1.82) is 0 Å². The maximum absolute atomic E-state index is 12.2. The van der Waals surface area contributed by atoms with E-state index in [-0.39, 0.29) is 48.1 Å². The second-order valence-corrected chi connectivity index (χ2v) is 5.39. The van der Waals surface area contributed by atoms with E-state index in [1.165, 1.54) is 6.26 Å². The average molecular weight is 479 g/mol. The van der Waals surface area contributed by atoms with Crippen LogP contribution in [0.5, 0.6) is 0 Å². The lowest BCUT2D eigenvalue weighted by Gasteiger charge is -2.25. The van der Waals surface area contributed by atoms with E-state index in [2.05, 4.69) is 15.6 Å². The summed E-state index contributed by atoms with van der Waals surface area (Å²) in [5.41, 5.74) is 0. The highest BCUT2D eigenvalue weighted by atomic mass is 127. The van der Waals surface area contributed by atoms with E-state index in [4.69, 9.17) is 4.42 Å². The Bertz CT molecular complexity index is 559. The molecule has 0 aliphatic carbocycles. The number of furan rings is 1. The van der Waals surface area contributed by atoms with Crippen LogP contribution in [0.3, 0.4) is 0 Å². The summed E-state index contributed by atoms with van der Waals surface area (Å²) >= 11 is 0. The Balaban J connectivity index is 0.00000625. The number of likely N-dealkylation sites (N-methyl/N-ethyl adjacent to an activating group) is 2. The average Bonchev–Trinajstić information content (AvgIpc) is 3.13. The van der Waals surface area contributed by atoms with Gasteiger partial charge < -0.3 is 24.9 Å². The van der Waals surface area contributed by atoms with Gasteiger partial charge in [-0.15, -0.1) is 24.0 Å². The van der Waals surface area contributed by atoms with E-state index in [9.17, 15) is 9.59 Å². The smallest absolute Gasteiger partial charge is 0.287 e. The molecule has 0 aliphatic heterocycles. The Labute approximate surface area is 172 Å². The van der Waals surface area contributed by atoms with Gasteiger partial charge in [-0.25, -0.2) is 0 Å². The number of carbonyl (C=O) groups is 2. The molecule has 0 saturated carbocycles. The van der Waals surface area contributed by atoms with E-state index in [1.54, 1.807) is 21.9 Å². The molecule has 2 N–H and O–H groups in total. The molecule has 1 rings (SSSR count). The Morgan fingerprint density at radius 3 is 2.42 bits per heavy atom. The van der Waals surface area contributed by atoms with Gasteiger partial charge in [0.2, 0.25) is 5.91 Å². The first-order valence-electron chi connectivity index (χ1n) is 8.62. The number of carbonyl (C=O) groups excluding carboxylic acids is 2. The number of aliphatic imine (C=N–C) groups is 1. The number of guanidine groups is 1. The standard InChI is InChI=1S/C17H29N5O3.HI/c1-5-18-17(21(4)13-15(23)22(6-2)7-3)20-11-10-19-16(24)14-9-8-12-25-14;/h8-9,12H,5-7,10-11,13H2,1-4H3,(H,18,20)(H,19,24);1H. The number of rotatable bonds is 9. The summed E-state index contributed by atoms with van der Waals surface area (Å²) < 4.78 is 5.03. The second-order valence-electron chi connectivity index (χ2n) is 5.39. The van der Waals surface area contributed by atoms with Crippen molar-refractivity contribution in [3.05, 3.63) is 24.2 Å². The Morgan fingerprint density at radius 1 is 1.19 bits per heavy atom. The van der Waals surface area contributed by atoms with Gasteiger partial charge in [0.15, 0.2) is 11.7 Å². The third-order valence-corrected chi connectivity index (χ3v) is 3.59. The summed E-state index contributed by atoms with van der Waals surface area (Å²) in [6, 6.07) is 3.27. The molecule has 1 aromatic heterocycles. The van der Waals surface area contributed by atoms with Gasteiger partial charge in [0.05, 0.1) is 19.4 Å². The predicted molar refractivity (Wildman–Crippen MR) is 113 cm³/mol. The molecular formula is C17H30IN5O3. The van der Waals surface area contributed by atoms with Gasteiger partial charge in [-0.05, 0) is 32.9 Å². The quantitative estimate of drug-likeness (QED) is 0.242. The maximum atomic E-state index is 12.2. The van der Waals surface area contributed by atoms with Crippen LogP contribution in [0, 0.1) is 0 Å². The number of nitrogens with zero attached hydrogens (tertiary/aromatic N) is 3. The molecule has 0 atom stereocenters. The van der Waals surface area contributed by atoms with Gasteiger partial charge in [-0.2, -0.15) is 0 Å². The van der Waals surface area contributed by atoms with Gasteiger partial charge in [0.1, 0.15) is 0 Å². The summed E-state index contributed by atoms with van der Waals surface area (Å²) in [6.07, 6.45) is 1.46. The molecule has 0 radical (unpaired) electrons. The van der Waals surface area contributed by atoms with E-state index in [1.807, 2.05) is 27.8 Å². The number of hydrogen-bond donors (Lipinski definition) is 2. The fourth-order valence-corrected chi connectivity index (χ4v) is 2.25. The molecule has 0 aromatic carbocycles. The van der Waals surface area contributed by atoms with Gasteiger partial charge in [0, 0.05) is 33.2 Å². The minimum absolute atomic E-state index is 0. The normalized spacial score (nSPS) is 10.7. The van der Waals surface area contributed by atoms with Crippen molar-refractivity contribution in [2.45, 2.75) is 20.8 Å². The minimum Gasteiger partial charge on any atom is -0.459 e. The molecule has 0 aliphatic rings. The lowest BCUT2D eigenvalue weighted by atomic mass is 10.4. The molecule has 0 spiro atoms. The van der Waals surface area contributed by atoms with Crippen molar-refractivity contribution in [2.75, 3.05) is 46.3 Å². The fraction of sp³-hybridized carbons (Fsp3) is 0.588. The molecule has 1 aromatic rings. The highest BCUT2D eigenvalue weighted by molar-refractivity contribution is 14.0. The molecule has 0 fully saturated rings. The van der Waals surface area contributed by atoms with Crippen molar-refractivity contribution < 1.29 is 14.0 Å². The second kappa shape index (κ2) is 13.4. The van der Waals surface area contributed by atoms with Crippen LogP contribution < -0.4 is 10.6 Å². The molecule has 8 nitrogen and oxygen atoms in total. The van der Waals surface area contributed by atoms with Gasteiger partial charge >= 0.3 is 0 Å². The third-order valence-electron chi connectivity index (χ3n) is 3.59. The molecule has 0 bridgehead atoms. The van der Waals surface area contributed by atoms with Crippen molar-refractivity contribution in [3.63, 3.8) is 0 Å². The molecule has 2 amide bonds. The summed E-state index contributed by atoms with van der Waals surface area (Å²) in [6.45, 7) is 9.00. The zero-order valence-electron chi connectivity index (χ0n) is 15.9. The molecule has 148 valence electrons. The van der Waals surface area contributed by atoms with E-state index >= 15 is 0 Å². The Morgan fingerprint density at radius 2 is 1.88 bits per heavy atom. The topological polar surface area (TPSA) is 90.2 Å². The van der Waals surface area contributed by atoms with Crippen molar-refractivity contribution in [3.8, 4) is 0 Å². The lowest BCUT2D eigenvalue weighted by molar-refractivity contribution is -0.131. The first-order chi connectivity index (χ1) is 12.0. The number of nitrogens with one attached hydrogen (secondary N) is 2. The predicted octanol–water partition coefficient (Wildman–Crippen LogP) is 1.39. The van der Waals surface area contributed by atoms with Crippen molar-refractivity contribution in [1.82, 2.24) is 20.4 Å². The Kier molecular flexibility index (Phi) is 12.5. The van der Waals surface area contributed by atoms with Gasteiger partial charge in [-0.1, -0.05) is 0 Å². The van der Waals surface area contributed by atoms with Crippen LogP contribution in [0.2, 0.25) is 0 Å². The molecular weight excluding hydrogens is 449 g/mol. The summed E-state index contributed by atoms with van der Waals surface area (Å²) in [5, 5.41) is 5.89. The van der Waals surface area contributed by atoms with Crippen LogP contribution in [0.1, 0.15) is 31.3 Å². The fourth-order valence-electron chi connectivity index (χ4n) is 2.25. The number of halogens is 1. The summed E-state index contributed by atoms with van der Waals surface area (Å²) in [5.74, 6) is 0.701. The largest absolute Gasteiger partial charge is 0.459 e. The van der Waals surface area contributed by atoms with Crippen molar-refractivity contribution in [2.24, 2.45) is 4.99 Å². The zero-order valence-corrected chi connectivity index (χ0v) is 18.3. The first-order valence-corrected chi connectivity index (χ1v) is 8.62. The van der Waals surface area contributed by atoms with Crippen LogP contribution in [0.25, 0.3) is 0 Å². The lowest BCUT2D eigenvalue weighted by Crippen LogP contribution is -2.46. The van der Waals surface area contributed by atoms with Crippen LogP contribution in [-0.2, 0) is 4.79 Å². The monoisotopic (exact) mass is 479 g/mol. The summed E-state index contributed by atoms with van der Waals surface area (Å²) in [4.78, 5) is 32.0. The van der Waals surface area contributed by atoms with E-state index < -0.39 is 0 Å². The van der Waals surface area contributed by atoms with E-state index in [0.29, 0.717) is 38.7 Å². The van der Waals surface area contributed by atoms with Crippen LogP contribution in [-0.4, -0.2) is 73.9 Å². The SMILES string of the molecule is CCNC(=NCCNC(=O)c1ccco1)N(C)CC(=O)N(CC)CC.I. The molecule has 1 heterocycles. The Hall–Kier alpha value is -1.78. The van der Waals surface area contributed by atoms with Crippen LogP contribution >= 0.6 is 24.0 Å². The molecule has 0 unspecified atom stereocenters. The highest BCUT2D eigenvalue weighted by Gasteiger charge is 2.15. The first kappa shape index (κ1) is 24.2. The molecule has 26 heavy (non-hydrogen) atoms. The van der Waals surface area contributed by atoms with Gasteiger partial charge in [-0.3, -0.25) is 14.6 Å². The highest BCUT2D eigenvalue weighted by Crippen LogP contribution is 1.98. The van der Waals surface area contributed by atoms with Crippen LogP contribution in [0.15, 0.2) is 27.8 Å². The zero-order chi connectivity index (χ0) is 18.7. The molecule has 9 heteroatoms. The van der Waals surface area contributed by atoms with Gasteiger partial charge in [0.25, 0.3) is 5.91 Å². The molecule has 0 saturated heterocycles. The third kappa shape index (κ3) is 8.07. The number of amides is 2.